The maximum absolute atomic E-state index is 13.2. The number of nitrogens with one attached hydrogen (secondary N) is 3. The molecule has 1 rings (SSSR count). The van der Waals surface area contributed by atoms with Crippen molar-refractivity contribution < 1.29 is 29.1 Å². The van der Waals surface area contributed by atoms with Gasteiger partial charge in [0.05, 0.1) is 12.5 Å². The molecule has 12 heteroatoms. The first-order valence-electron chi connectivity index (χ1n) is 12.4. The first-order valence-corrected chi connectivity index (χ1v) is 12.4. The Balaban J connectivity index is 3.09. The van der Waals surface area contributed by atoms with Gasteiger partial charge >= 0.3 is 5.97 Å². The Morgan fingerprint density at radius 1 is 0.919 bits per heavy atom. The Morgan fingerprint density at radius 3 is 2.05 bits per heavy atom. The van der Waals surface area contributed by atoms with Gasteiger partial charge in [-0.15, -0.1) is 0 Å². The van der Waals surface area contributed by atoms with Crippen molar-refractivity contribution in [2.45, 2.75) is 76.5 Å². The second-order valence-corrected chi connectivity index (χ2v) is 9.08. The average Bonchev–Trinajstić information content (AvgIpc) is 2.85. The van der Waals surface area contributed by atoms with Crippen molar-refractivity contribution >= 4 is 29.6 Å². The van der Waals surface area contributed by atoms with Gasteiger partial charge in [-0.2, -0.15) is 0 Å². The quantitative estimate of drug-likeness (QED) is 0.128. The molecule has 206 valence electrons. The monoisotopic (exact) mass is 520 g/mol. The number of hydrogen-bond acceptors (Lipinski definition) is 7. The van der Waals surface area contributed by atoms with Crippen LogP contribution < -0.4 is 33.2 Å². The lowest BCUT2D eigenvalue weighted by atomic mass is 9.98. The standard InChI is InChI=1S/C25H40N6O6/c1-3-15(2)21(25(36)37)31-24(35)19(14-20(28)32)30-23(34)18(13-16-9-5-4-6-10-16)29-22(33)17(27)11-7-8-12-26/h4-6,9-10,15,17-19,21H,3,7-8,11-14,26-27H2,1-2H3,(H2,28,32)(H,29,33)(H,30,34)(H,31,35)(H,36,37). The average molecular weight is 521 g/mol. The van der Waals surface area contributed by atoms with Crippen LogP contribution in [0.4, 0.5) is 0 Å². The molecule has 0 aliphatic rings. The van der Waals surface area contributed by atoms with Crippen molar-refractivity contribution in [3.63, 3.8) is 0 Å². The zero-order valence-corrected chi connectivity index (χ0v) is 21.4. The molecule has 0 saturated carbocycles. The van der Waals surface area contributed by atoms with Crippen molar-refractivity contribution in [3.05, 3.63) is 35.9 Å². The molecular weight excluding hydrogens is 480 g/mol. The molecule has 0 heterocycles. The molecule has 0 aliphatic carbocycles. The third kappa shape index (κ3) is 11.4. The lowest BCUT2D eigenvalue weighted by Crippen LogP contribution is -2.58. The predicted molar refractivity (Wildman–Crippen MR) is 138 cm³/mol. The number of aliphatic carboxylic acids is 1. The van der Waals surface area contributed by atoms with E-state index >= 15 is 0 Å². The minimum atomic E-state index is -1.44. The molecule has 4 amide bonds. The van der Waals surface area contributed by atoms with E-state index in [4.69, 9.17) is 17.2 Å². The summed E-state index contributed by atoms with van der Waals surface area (Å²) in [4.78, 5) is 62.1. The number of carbonyl (C=O) groups excluding carboxylic acids is 4. The summed E-state index contributed by atoms with van der Waals surface area (Å²) in [6.45, 7) is 3.90. The van der Waals surface area contributed by atoms with E-state index in [9.17, 15) is 29.1 Å². The lowest BCUT2D eigenvalue weighted by Gasteiger charge is -2.26. The number of rotatable bonds is 17. The van der Waals surface area contributed by atoms with Gasteiger partial charge in [0.2, 0.25) is 23.6 Å². The highest BCUT2D eigenvalue weighted by molar-refractivity contribution is 5.96. The molecular formula is C25H40N6O6. The van der Waals surface area contributed by atoms with Crippen LogP contribution in [0.25, 0.3) is 0 Å². The lowest BCUT2D eigenvalue weighted by molar-refractivity contribution is -0.144. The number of primary amides is 1. The first kappa shape index (κ1) is 31.5. The number of unbranched alkanes of at least 4 members (excludes halogenated alkanes) is 1. The van der Waals surface area contributed by atoms with Crippen LogP contribution in [0.15, 0.2) is 30.3 Å². The molecule has 0 spiro atoms. The van der Waals surface area contributed by atoms with Crippen LogP contribution in [-0.2, 0) is 30.4 Å². The summed E-state index contributed by atoms with van der Waals surface area (Å²) < 4.78 is 0. The number of carboxylic acids is 1. The summed E-state index contributed by atoms with van der Waals surface area (Å²) in [5, 5.41) is 16.9. The molecule has 37 heavy (non-hydrogen) atoms. The van der Waals surface area contributed by atoms with E-state index in [1.165, 1.54) is 0 Å². The van der Waals surface area contributed by atoms with E-state index in [-0.39, 0.29) is 6.42 Å². The molecule has 12 nitrogen and oxygen atoms in total. The topological polar surface area (TPSA) is 220 Å². The van der Waals surface area contributed by atoms with E-state index in [0.29, 0.717) is 32.2 Å². The van der Waals surface area contributed by atoms with Crippen molar-refractivity contribution in [2.75, 3.05) is 6.54 Å². The van der Waals surface area contributed by atoms with Gasteiger partial charge in [0.15, 0.2) is 0 Å². The second-order valence-electron chi connectivity index (χ2n) is 9.08. The van der Waals surface area contributed by atoms with E-state index < -0.39 is 66.1 Å². The fourth-order valence-electron chi connectivity index (χ4n) is 3.60. The highest BCUT2D eigenvalue weighted by atomic mass is 16.4. The number of nitrogens with two attached hydrogens (primary N) is 3. The SMILES string of the molecule is CCC(C)C(NC(=O)C(CC(N)=O)NC(=O)C(Cc1ccccc1)NC(=O)C(N)CCCCN)C(=O)O. The highest BCUT2D eigenvalue weighted by Gasteiger charge is 2.32. The van der Waals surface area contributed by atoms with Crippen molar-refractivity contribution in [1.82, 2.24) is 16.0 Å². The van der Waals surface area contributed by atoms with E-state index in [1.807, 2.05) is 0 Å². The maximum atomic E-state index is 13.2. The van der Waals surface area contributed by atoms with E-state index in [0.717, 1.165) is 5.56 Å². The van der Waals surface area contributed by atoms with Gasteiger partial charge in [0.1, 0.15) is 18.1 Å². The molecule has 0 bridgehead atoms. The maximum Gasteiger partial charge on any atom is 0.326 e. The van der Waals surface area contributed by atoms with Crippen molar-refractivity contribution in [1.29, 1.82) is 0 Å². The van der Waals surface area contributed by atoms with Crippen LogP contribution >= 0.6 is 0 Å². The van der Waals surface area contributed by atoms with E-state index in [1.54, 1.807) is 44.2 Å². The van der Waals surface area contributed by atoms with Gasteiger partial charge in [0, 0.05) is 6.42 Å². The summed E-state index contributed by atoms with van der Waals surface area (Å²) in [7, 11) is 0. The minimum absolute atomic E-state index is 0.0868. The zero-order valence-electron chi connectivity index (χ0n) is 21.4. The molecule has 5 atom stereocenters. The molecule has 1 aromatic rings. The van der Waals surface area contributed by atoms with Crippen molar-refractivity contribution in [3.8, 4) is 0 Å². The Kier molecular flexibility index (Phi) is 13.9. The van der Waals surface area contributed by atoms with Crippen LogP contribution in [0.1, 0.15) is 51.5 Å². The first-order chi connectivity index (χ1) is 17.5. The van der Waals surface area contributed by atoms with Crippen LogP contribution in [0.3, 0.4) is 0 Å². The number of carbonyl (C=O) groups is 5. The minimum Gasteiger partial charge on any atom is -0.480 e. The number of benzene rings is 1. The van der Waals surface area contributed by atoms with E-state index in [2.05, 4.69) is 16.0 Å². The van der Waals surface area contributed by atoms with Crippen LogP contribution in [-0.4, -0.2) is 65.4 Å². The van der Waals surface area contributed by atoms with Gasteiger partial charge in [-0.05, 0) is 30.9 Å². The van der Waals surface area contributed by atoms with Gasteiger partial charge in [-0.1, -0.05) is 57.0 Å². The fraction of sp³-hybridized carbons (Fsp3) is 0.560. The smallest absolute Gasteiger partial charge is 0.326 e. The number of carboxylic acid groups (broad SMARTS) is 1. The summed E-state index contributed by atoms with van der Waals surface area (Å²) in [6.07, 6.45) is 1.72. The Labute approximate surface area is 217 Å². The molecule has 0 radical (unpaired) electrons. The second kappa shape index (κ2) is 16.3. The van der Waals surface area contributed by atoms with Gasteiger partial charge in [-0.25, -0.2) is 4.79 Å². The Morgan fingerprint density at radius 2 is 1.51 bits per heavy atom. The van der Waals surface area contributed by atoms with Crippen LogP contribution in [0.2, 0.25) is 0 Å². The van der Waals surface area contributed by atoms with Crippen molar-refractivity contribution in [2.24, 2.45) is 23.1 Å². The van der Waals surface area contributed by atoms with Crippen LogP contribution in [0, 0.1) is 5.92 Å². The summed E-state index contributed by atoms with van der Waals surface area (Å²) in [5.41, 5.74) is 17.5. The predicted octanol–water partition coefficient (Wildman–Crippen LogP) is -0.854. The van der Waals surface area contributed by atoms with Gasteiger partial charge in [-0.3, -0.25) is 19.2 Å². The molecule has 10 N–H and O–H groups in total. The largest absolute Gasteiger partial charge is 0.480 e. The molecule has 0 aromatic heterocycles. The summed E-state index contributed by atoms with van der Waals surface area (Å²) in [5.74, 6) is -4.69. The molecule has 0 fully saturated rings. The molecule has 5 unspecified atom stereocenters. The Bertz CT molecular complexity index is 912. The zero-order chi connectivity index (χ0) is 28.0. The third-order valence-corrected chi connectivity index (χ3v) is 6.04. The normalized spacial score (nSPS) is 14.9. The summed E-state index contributed by atoms with van der Waals surface area (Å²) >= 11 is 0. The van der Waals surface area contributed by atoms with Gasteiger partial charge in [0.25, 0.3) is 0 Å². The Hall–Kier alpha value is -3.51. The molecule has 0 saturated heterocycles. The fourth-order valence-corrected chi connectivity index (χ4v) is 3.60. The number of hydrogen-bond donors (Lipinski definition) is 7. The molecule has 0 aliphatic heterocycles. The summed E-state index contributed by atoms with van der Waals surface area (Å²) in [6, 6.07) is 4.23. The third-order valence-electron chi connectivity index (χ3n) is 6.04. The van der Waals surface area contributed by atoms with Gasteiger partial charge < -0.3 is 38.3 Å². The highest BCUT2D eigenvalue weighted by Crippen LogP contribution is 2.10. The molecule has 1 aromatic carbocycles. The van der Waals surface area contributed by atoms with Crippen LogP contribution in [0.5, 0.6) is 0 Å². The number of amides is 4.